The summed E-state index contributed by atoms with van der Waals surface area (Å²) in [6.45, 7) is 2.95. The minimum atomic E-state index is -0.388. The Bertz CT molecular complexity index is 846. The highest BCUT2D eigenvalue weighted by Gasteiger charge is 2.39. The normalized spacial score (nSPS) is 23.9. The number of rotatable bonds is 5. The molecule has 0 aromatic heterocycles. The number of hydrogen-bond donors (Lipinski definition) is 0. The fourth-order valence-corrected chi connectivity index (χ4v) is 4.50. The number of hydrogen-bond acceptors (Lipinski definition) is 6. The van der Waals surface area contributed by atoms with Gasteiger partial charge in [-0.15, -0.1) is 0 Å². The van der Waals surface area contributed by atoms with Crippen molar-refractivity contribution in [3.63, 3.8) is 0 Å². The lowest BCUT2D eigenvalue weighted by molar-refractivity contribution is -0.147. The van der Waals surface area contributed by atoms with E-state index < -0.39 is 0 Å². The van der Waals surface area contributed by atoms with Crippen LogP contribution in [0.3, 0.4) is 0 Å². The fourth-order valence-electron chi connectivity index (χ4n) is 4.50. The van der Waals surface area contributed by atoms with E-state index in [1.54, 1.807) is 47.1 Å². The van der Waals surface area contributed by atoms with Crippen LogP contribution in [0, 0.1) is 5.92 Å². The molecular weight excluding hydrogens is 402 g/mol. The zero-order chi connectivity index (χ0) is 22.0. The van der Waals surface area contributed by atoms with Gasteiger partial charge >= 0.3 is 0 Å². The van der Waals surface area contributed by atoms with E-state index in [-0.39, 0.29) is 36.2 Å². The number of methoxy groups -OCH3 is 2. The van der Waals surface area contributed by atoms with Gasteiger partial charge in [-0.2, -0.15) is 0 Å². The van der Waals surface area contributed by atoms with E-state index in [9.17, 15) is 14.4 Å². The molecule has 1 aromatic rings. The van der Waals surface area contributed by atoms with Crippen molar-refractivity contribution in [2.75, 3.05) is 58.5 Å². The smallest absolute Gasteiger partial charge is 0.251 e. The van der Waals surface area contributed by atoms with E-state index in [0.717, 1.165) is 12.8 Å². The van der Waals surface area contributed by atoms with Gasteiger partial charge in [-0.3, -0.25) is 14.4 Å². The summed E-state index contributed by atoms with van der Waals surface area (Å²) in [5.74, 6) is 0.648. The van der Waals surface area contributed by atoms with Crippen molar-refractivity contribution in [3.05, 3.63) is 18.2 Å². The second kappa shape index (κ2) is 9.13. The Morgan fingerprint density at radius 1 is 1.00 bits per heavy atom. The molecule has 168 valence electrons. The van der Waals surface area contributed by atoms with Crippen LogP contribution in [0.2, 0.25) is 0 Å². The van der Waals surface area contributed by atoms with Crippen molar-refractivity contribution in [2.24, 2.45) is 5.92 Å². The minimum Gasteiger partial charge on any atom is -0.493 e. The summed E-state index contributed by atoms with van der Waals surface area (Å²) in [5, 5.41) is 0. The first kappa shape index (κ1) is 21.4. The van der Waals surface area contributed by atoms with Crippen LogP contribution in [0.15, 0.2) is 18.2 Å². The molecule has 3 fully saturated rings. The van der Waals surface area contributed by atoms with E-state index >= 15 is 0 Å². The predicted octanol–water partition coefficient (Wildman–Crippen LogP) is 0.907. The van der Waals surface area contributed by atoms with E-state index in [0.29, 0.717) is 56.5 Å². The topological polar surface area (TPSA) is 88.6 Å². The van der Waals surface area contributed by atoms with Crippen LogP contribution in [0.4, 0.5) is 5.69 Å². The lowest BCUT2D eigenvalue weighted by atomic mass is 10.1. The molecule has 3 aliphatic heterocycles. The summed E-state index contributed by atoms with van der Waals surface area (Å²) in [7, 11) is 3.10. The minimum absolute atomic E-state index is 0.0273. The van der Waals surface area contributed by atoms with Gasteiger partial charge in [-0.1, -0.05) is 0 Å². The number of anilines is 1. The maximum Gasteiger partial charge on any atom is 0.251 e. The molecule has 0 bridgehead atoms. The summed E-state index contributed by atoms with van der Waals surface area (Å²) in [5.41, 5.74) is 0.685. The van der Waals surface area contributed by atoms with Crippen LogP contribution in [0.1, 0.15) is 19.3 Å². The molecule has 0 spiro atoms. The average Bonchev–Trinajstić information content (AvgIpc) is 3.48. The molecule has 3 aliphatic rings. The van der Waals surface area contributed by atoms with Gasteiger partial charge in [-0.25, -0.2) is 0 Å². The zero-order valence-electron chi connectivity index (χ0n) is 18.0. The van der Waals surface area contributed by atoms with Crippen molar-refractivity contribution >= 4 is 23.4 Å². The molecule has 4 rings (SSSR count). The first-order valence-corrected chi connectivity index (χ1v) is 10.7. The molecular formula is C22H29N3O6. The van der Waals surface area contributed by atoms with Gasteiger partial charge < -0.3 is 28.9 Å². The SMILES string of the molecule is COc1ccc(N2CC(C(=O)N3CCN(C(=O)C4CCCO4)CC3)CC2=O)cc1OC. The van der Waals surface area contributed by atoms with Crippen LogP contribution in [0.25, 0.3) is 0 Å². The maximum atomic E-state index is 13.1. The van der Waals surface area contributed by atoms with E-state index in [1.165, 1.54) is 0 Å². The third-order valence-electron chi connectivity index (χ3n) is 6.26. The predicted molar refractivity (Wildman–Crippen MR) is 112 cm³/mol. The molecule has 2 atom stereocenters. The van der Waals surface area contributed by atoms with Crippen LogP contribution in [-0.4, -0.2) is 87.2 Å². The molecule has 2 unspecified atom stereocenters. The Hall–Kier alpha value is -2.81. The van der Waals surface area contributed by atoms with Crippen molar-refractivity contribution < 1.29 is 28.6 Å². The van der Waals surface area contributed by atoms with Gasteiger partial charge in [0, 0.05) is 57.5 Å². The first-order chi connectivity index (χ1) is 15.0. The van der Waals surface area contributed by atoms with E-state index in [2.05, 4.69) is 0 Å². The molecule has 1 aromatic carbocycles. The number of carbonyl (C=O) groups is 3. The molecule has 0 saturated carbocycles. The van der Waals surface area contributed by atoms with Gasteiger partial charge in [-0.05, 0) is 25.0 Å². The lowest BCUT2D eigenvalue weighted by Gasteiger charge is -2.36. The van der Waals surface area contributed by atoms with Gasteiger partial charge in [0.05, 0.1) is 20.1 Å². The van der Waals surface area contributed by atoms with Crippen molar-refractivity contribution in [1.29, 1.82) is 0 Å². The highest BCUT2D eigenvalue weighted by atomic mass is 16.5. The van der Waals surface area contributed by atoms with Gasteiger partial charge in [0.15, 0.2) is 11.5 Å². The Balaban J connectivity index is 1.35. The average molecular weight is 431 g/mol. The maximum absolute atomic E-state index is 13.1. The first-order valence-electron chi connectivity index (χ1n) is 10.7. The largest absolute Gasteiger partial charge is 0.493 e. The second-order valence-electron chi connectivity index (χ2n) is 8.10. The van der Waals surface area contributed by atoms with E-state index in [1.807, 2.05) is 0 Å². The highest BCUT2D eigenvalue weighted by molar-refractivity contribution is 6.00. The molecule has 0 aliphatic carbocycles. The molecule has 3 saturated heterocycles. The Morgan fingerprint density at radius 2 is 1.68 bits per heavy atom. The summed E-state index contributed by atoms with van der Waals surface area (Å²) in [4.78, 5) is 43.4. The number of nitrogens with zero attached hydrogens (tertiary/aromatic N) is 3. The van der Waals surface area contributed by atoms with Crippen molar-refractivity contribution in [1.82, 2.24) is 9.80 Å². The van der Waals surface area contributed by atoms with Crippen LogP contribution in [0.5, 0.6) is 11.5 Å². The summed E-state index contributed by atoms with van der Waals surface area (Å²) in [6, 6.07) is 5.29. The molecule has 3 amide bonds. The standard InChI is InChI=1S/C22H29N3O6/c1-29-17-6-5-16(13-19(17)30-2)25-14-15(12-20(25)26)21(27)23-7-9-24(10-8-23)22(28)18-4-3-11-31-18/h5-6,13,15,18H,3-4,7-12,14H2,1-2H3. The second-order valence-corrected chi connectivity index (χ2v) is 8.10. The van der Waals surface area contributed by atoms with Gasteiger partial charge in [0.1, 0.15) is 6.10 Å². The quantitative estimate of drug-likeness (QED) is 0.689. The van der Waals surface area contributed by atoms with Crippen molar-refractivity contribution in [2.45, 2.75) is 25.4 Å². The number of benzene rings is 1. The number of ether oxygens (including phenoxy) is 3. The van der Waals surface area contributed by atoms with Crippen LogP contribution in [-0.2, 0) is 19.1 Å². The Morgan fingerprint density at radius 3 is 2.29 bits per heavy atom. The molecule has 0 radical (unpaired) electrons. The number of carbonyl (C=O) groups excluding carboxylic acids is 3. The molecule has 9 nitrogen and oxygen atoms in total. The zero-order valence-corrected chi connectivity index (χ0v) is 18.0. The third-order valence-corrected chi connectivity index (χ3v) is 6.26. The number of amides is 3. The van der Waals surface area contributed by atoms with E-state index in [4.69, 9.17) is 14.2 Å². The van der Waals surface area contributed by atoms with Crippen LogP contribution < -0.4 is 14.4 Å². The lowest BCUT2D eigenvalue weighted by Crippen LogP contribution is -2.54. The van der Waals surface area contributed by atoms with Gasteiger partial charge in [0.25, 0.3) is 5.91 Å². The highest BCUT2D eigenvalue weighted by Crippen LogP contribution is 2.34. The molecule has 3 heterocycles. The Labute approximate surface area is 181 Å². The third kappa shape index (κ3) is 4.32. The van der Waals surface area contributed by atoms with Gasteiger partial charge in [0.2, 0.25) is 11.8 Å². The monoisotopic (exact) mass is 431 g/mol. The summed E-state index contributed by atoms with van der Waals surface area (Å²) < 4.78 is 16.1. The Kier molecular flexibility index (Phi) is 6.31. The van der Waals surface area contributed by atoms with Crippen molar-refractivity contribution in [3.8, 4) is 11.5 Å². The molecule has 9 heteroatoms. The number of piperazine rings is 1. The summed E-state index contributed by atoms with van der Waals surface area (Å²) in [6.07, 6.45) is 1.54. The molecule has 0 N–H and O–H groups in total. The fraction of sp³-hybridized carbons (Fsp3) is 0.591. The molecule has 31 heavy (non-hydrogen) atoms. The summed E-state index contributed by atoms with van der Waals surface area (Å²) >= 11 is 0. The van der Waals surface area contributed by atoms with Crippen LogP contribution >= 0.6 is 0 Å².